The summed E-state index contributed by atoms with van der Waals surface area (Å²) in [6.45, 7) is 3.95. The van der Waals surface area contributed by atoms with Crippen LogP contribution < -0.4 is 5.32 Å². The normalized spacial score (nSPS) is 15.1. The third kappa shape index (κ3) is 3.78. The summed E-state index contributed by atoms with van der Waals surface area (Å²) < 4.78 is 0. The molecule has 1 aliphatic heterocycles. The number of rotatable bonds is 4. The van der Waals surface area contributed by atoms with Crippen LogP contribution in [-0.2, 0) is 9.59 Å². The number of hydrogen-bond acceptors (Lipinski definition) is 3. The SMILES string of the molecule is C=CCN(CC(=O)O)C(=O)N1CCNC(=O)C1. The first-order valence-electron chi connectivity index (χ1n) is 5.18. The Morgan fingerprint density at radius 2 is 2.29 bits per heavy atom. The van der Waals surface area contributed by atoms with Crippen molar-refractivity contribution >= 4 is 17.9 Å². The van der Waals surface area contributed by atoms with Crippen LogP contribution in [-0.4, -0.2) is 65.5 Å². The molecule has 7 heteroatoms. The lowest BCUT2D eigenvalue weighted by atomic mass is 10.3. The van der Waals surface area contributed by atoms with Gasteiger partial charge in [0, 0.05) is 19.6 Å². The third-order valence-electron chi connectivity index (χ3n) is 2.26. The Morgan fingerprint density at radius 1 is 1.59 bits per heavy atom. The largest absolute Gasteiger partial charge is 0.480 e. The molecule has 0 atom stereocenters. The number of carboxylic acids is 1. The fourth-order valence-electron chi connectivity index (χ4n) is 1.53. The molecule has 1 heterocycles. The van der Waals surface area contributed by atoms with E-state index in [-0.39, 0.29) is 19.0 Å². The quantitative estimate of drug-likeness (QED) is 0.625. The maximum absolute atomic E-state index is 11.9. The first-order chi connectivity index (χ1) is 8.04. The summed E-state index contributed by atoms with van der Waals surface area (Å²) in [6.07, 6.45) is 1.45. The summed E-state index contributed by atoms with van der Waals surface area (Å²) in [7, 11) is 0. The zero-order chi connectivity index (χ0) is 12.8. The molecule has 0 aromatic carbocycles. The number of carboxylic acid groups (broad SMARTS) is 1. The van der Waals surface area contributed by atoms with Crippen molar-refractivity contribution in [3.05, 3.63) is 12.7 Å². The zero-order valence-corrected chi connectivity index (χ0v) is 9.39. The van der Waals surface area contributed by atoms with Gasteiger partial charge in [-0.3, -0.25) is 9.59 Å². The maximum atomic E-state index is 11.9. The van der Waals surface area contributed by atoms with Gasteiger partial charge in [-0.15, -0.1) is 6.58 Å². The van der Waals surface area contributed by atoms with Crippen LogP contribution in [0.5, 0.6) is 0 Å². The number of amides is 3. The van der Waals surface area contributed by atoms with Crippen LogP contribution in [0.3, 0.4) is 0 Å². The predicted molar refractivity (Wildman–Crippen MR) is 59.4 cm³/mol. The molecule has 1 fully saturated rings. The van der Waals surface area contributed by atoms with Crippen molar-refractivity contribution in [2.45, 2.75) is 0 Å². The van der Waals surface area contributed by atoms with Crippen molar-refractivity contribution < 1.29 is 19.5 Å². The van der Waals surface area contributed by atoms with Crippen molar-refractivity contribution in [3.63, 3.8) is 0 Å². The average Bonchev–Trinajstić information content (AvgIpc) is 2.27. The molecule has 0 bridgehead atoms. The Hall–Kier alpha value is -2.05. The van der Waals surface area contributed by atoms with Gasteiger partial charge in [0.15, 0.2) is 0 Å². The van der Waals surface area contributed by atoms with E-state index in [9.17, 15) is 14.4 Å². The molecule has 3 amide bonds. The molecule has 0 aromatic rings. The minimum Gasteiger partial charge on any atom is -0.480 e. The van der Waals surface area contributed by atoms with Gasteiger partial charge in [0.25, 0.3) is 0 Å². The number of aliphatic carboxylic acids is 1. The molecule has 0 radical (unpaired) electrons. The number of carbonyl (C=O) groups excluding carboxylic acids is 2. The molecule has 0 saturated carbocycles. The number of carbonyl (C=O) groups is 3. The standard InChI is InChI=1S/C10H15N3O4/c1-2-4-12(7-9(15)16)10(17)13-5-3-11-8(14)6-13/h2H,1,3-7H2,(H,11,14)(H,15,16). The van der Waals surface area contributed by atoms with E-state index in [4.69, 9.17) is 5.11 Å². The molecule has 1 aliphatic rings. The lowest BCUT2D eigenvalue weighted by molar-refractivity contribution is -0.137. The highest BCUT2D eigenvalue weighted by Gasteiger charge is 2.26. The van der Waals surface area contributed by atoms with E-state index in [1.165, 1.54) is 11.0 Å². The number of hydrogen-bond donors (Lipinski definition) is 2. The van der Waals surface area contributed by atoms with Crippen LogP contribution in [0.15, 0.2) is 12.7 Å². The molecular weight excluding hydrogens is 226 g/mol. The van der Waals surface area contributed by atoms with Crippen molar-refractivity contribution in [1.29, 1.82) is 0 Å². The zero-order valence-electron chi connectivity index (χ0n) is 9.39. The fourth-order valence-corrected chi connectivity index (χ4v) is 1.53. The molecule has 0 aromatic heterocycles. The summed E-state index contributed by atoms with van der Waals surface area (Å²) >= 11 is 0. The second-order valence-electron chi connectivity index (χ2n) is 3.62. The first kappa shape index (κ1) is 13.0. The molecule has 1 rings (SSSR count). The van der Waals surface area contributed by atoms with Crippen LogP contribution in [0.2, 0.25) is 0 Å². The highest BCUT2D eigenvalue weighted by molar-refractivity contribution is 5.86. The molecule has 0 aliphatic carbocycles. The summed E-state index contributed by atoms with van der Waals surface area (Å²) in [5, 5.41) is 11.3. The molecule has 2 N–H and O–H groups in total. The van der Waals surface area contributed by atoms with Gasteiger partial charge in [-0.25, -0.2) is 4.79 Å². The minimum atomic E-state index is -1.10. The topological polar surface area (TPSA) is 90.0 Å². The maximum Gasteiger partial charge on any atom is 0.323 e. The molecular formula is C10H15N3O4. The van der Waals surface area contributed by atoms with E-state index in [2.05, 4.69) is 11.9 Å². The Morgan fingerprint density at radius 3 is 2.82 bits per heavy atom. The van der Waals surface area contributed by atoms with Gasteiger partial charge < -0.3 is 20.2 Å². The fraction of sp³-hybridized carbons (Fsp3) is 0.500. The molecule has 0 spiro atoms. The molecule has 17 heavy (non-hydrogen) atoms. The molecule has 94 valence electrons. The third-order valence-corrected chi connectivity index (χ3v) is 2.26. The Balaban J connectivity index is 2.65. The first-order valence-corrected chi connectivity index (χ1v) is 5.18. The number of urea groups is 1. The lowest BCUT2D eigenvalue weighted by Crippen LogP contribution is -2.54. The summed E-state index contributed by atoms with van der Waals surface area (Å²) in [4.78, 5) is 36.1. The van der Waals surface area contributed by atoms with E-state index in [1.807, 2.05) is 0 Å². The van der Waals surface area contributed by atoms with Crippen LogP contribution in [0, 0.1) is 0 Å². The van der Waals surface area contributed by atoms with Gasteiger partial charge in [-0.2, -0.15) is 0 Å². The Kier molecular flexibility index (Phi) is 4.50. The second-order valence-corrected chi connectivity index (χ2v) is 3.62. The van der Waals surface area contributed by atoms with Gasteiger partial charge in [0.05, 0.1) is 0 Å². The van der Waals surface area contributed by atoms with Crippen molar-refractivity contribution in [2.75, 3.05) is 32.7 Å². The van der Waals surface area contributed by atoms with Gasteiger partial charge in [-0.05, 0) is 0 Å². The van der Waals surface area contributed by atoms with Crippen molar-refractivity contribution in [1.82, 2.24) is 15.1 Å². The van der Waals surface area contributed by atoms with Crippen molar-refractivity contribution in [2.24, 2.45) is 0 Å². The van der Waals surface area contributed by atoms with Crippen molar-refractivity contribution in [3.8, 4) is 0 Å². The van der Waals surface area contributed by atoms with Crippen LogP contribution in [0.25, 0.3) is 0 Å². The smallest absolute Gasteiger partial charge is 0.323 e. The summed E-state index contributed by atoms with van der Waals surface area (Å²) in [5.74, 6) is -1.33. The molecule has 1 saturated heterocycles. The van der Waals surface area contributed by atoms with E-state index < -0.39 is 18.5 Å². The van der Waals surface area contributed by atoms with E-state index in [0.29, 0.717) is 13.1 Å². The predicted octanol–water partition coefficient (Wildman–Crippen LogP) is -0.889. The number of piperazine rings is 1. The van der Waals surface area contributed by atoms with E-state index in [1.54, 1.807) is 0 Å². The van der Waals surface area contributed by atoms with Gasteiger partial charge >= 0.3 is 12.0 Å². The highest BCUT2D eigenvalue weighted by atomic mass is 16.4. The van der Waals surface area contributed by atoms with Crippen LogP contribution in [0.1, 0.15) is 0 Å². The van der Waals surface area contributed by atoms with Crippen LogP contribution >= 0.6 is 0 Å². The van der Waals surface area contributed by atoms with Gasteiger partial charge in [-0.1, -0.05) is 6.08 Å². The monoisotopic (exact) mass is 241 g/mol. The molecule has 7 nitrogen and oxygen atoms in total. The van der Waals surface area contributed by atoms with Gasteiger partial charge in [0.1, 0.15) is 13.1 Å². The Bertz CT molecular complexity index is 342. The Labute approximate surface area is 98.7 Å². The molecule has 0 unspecified atom stereocenters. The van der Waals surface area contributed by atoms with E-state index in [0.717, 1.165) is 4.90 Å². The minimum absolute atomic E-state index is 0.0356. The lowest BCUT2D eigenvalue weighted by Gasteiger charge is -2.31. The average molecular weight is 241 g/mol. The van der Waals surface area contributed by atoms with Crippen LogP contribution in [0.4, 0.5) is 4.79 Å². The highest BCUT2D eigenvalue weighted by Crippen LogP contribution is 2.02. The number of nitrogens with one attached hydrogen (secondary N) is 1. The number of nitrogens with zero attached hydrogens (tertiary/aromatic N) is 2. The summed E-state index contributed by atoms with van der Waals surface area (Å²) in [6, 6.07) is -0.456. The second kappa shape index (κ2) is 5.88. The summed E-state index contributed by atoms with van der Waals surface area (Å²) in [5.41, 5.74) is 0. The van der Waals surface area contributed by atoms with Gasteiger partial charge in [0.2, 0.25) is 5.91 Å². The van der Waals surface area contributed by atoms with E-state index >= 15 is 0 Å².